The summed E-state index contributed by atoms with van der Waals surface area (Å²) < 4.78 is 13.0. The van der Waals surface area contributed by atoms with Crippen LogP contribution in [0, 0.1) is 5.82 Å². The maximum absolute atomic E-state index is 13.0. The standard InChI is InChI=1S/C17H20FN3O2S/c1-2-21(9-16(22)23)14-7-13(8-14)19-17-20-15(10-24-17)11-3-5-12(18)6-4-11/h3-6,10,13-14H,2,7-9H2,1H3,(H,19,20)(H,22,23). The van der Waals surface area contributed by atoms with E-state index in [4.69, 9.17) is 5.11 Å². The Morgan fingerprint density at radius 1 is 1.42 bits per heavy atom. The van der Waals surface area contributed by atoms with Gasteiger partial charge in [0.05, 0.1) is 12.2 Å². The third kappa shape index (κ3) is 3.91. The normalized spacial score (nSPS) is 20.0. The molecule has 7 heteroatoms. The smallest absolute Gasteiger partial charge is 0.317 e. The van der Waals surface area contributed by atoms with Gasteiger partial charge in [-0.3, -0.25) is 9.69 Å². The van der Waals surface area contributed by atoms with Crippen LogP contribution < -0.4 is 5.32 Å². The first-order valence-corrected chi connectivity index (χ1v) is 8.87. The quantitative estimate of drug-likeness (QED) is 0.803. The number of nitrogens with zero attached hydrogens (tertiary/aromatic N) is 2. The summed E-state index contributed by atoms with van der Waals surface area (Å²) in [4.78, 5) is 17.4. The number of benzene rings is 1. The summed E-state index contributed by atoms with van der Waals surface area (Å²) in [5, 5.41) is 15.1. The Bertz CT molecular complexity index is 698. The number of aliphatic carboxylic acids is 1. The molecular weight excluding hydrogens is 329 g/mol. The average Bonchev–Trinajstić information content (AvgIpc) is 2.97. The van der Waals surface area contributed by atoms with Crippen LogP contribution in [0.1, 0.15) is 19.8 Å². The number of aromatic nitrogens is 1. The molecule has 1 heterocycles. The van der Waals surface area contributed by atoms with Crippen LogP contribution in [0.15, 0.2) is 29.6 Å². The van der Waals surface area contributed by atoms with E-state index >= 15 is 0 Å². The summed E-state index contributed by atoms with van der Waals surface area (Å²) in [6.45, 7) is 2.83. The van der Waals surface area contributed by atoms with E-state index in [1.54, 1.807) is 12.1 Å². The van der Waals surface area contributed by atoms with Crippen molar-refractivity contribution in [2.24, 2.45) is 0 Å². The zero-order chi connectivity index (χ0) is 17.1. The van der Waals surface area contributed by atoms with Gasteiger partial charge in [-0.2, -0.15) is 0 Å². The van der Waals surface area contributed by atoms with Crippen molar-refractivity contribution in [1.82, 2.24) is 9.88 Å². The molecule has 0 amide bonds. The van der Waals surface area contributed by atoms with Gasteiger partial charge in [-0.1, -0.05) is 6.92 Å². The molecule has 1 aliphatic rings. The van der Waals surface area contributed by atoms with Crippen LogP contribution in [0.5, 0.6) is 0 Å². The summed E-state index contributed by atoms with van der Waals surface area (Å²) >= 11 is 1.53. The fourth-order valence-electron chi connectivity index (χ4n) is 2.94. The first-order valence-electron chi connectivity index (χ1n) is 7.99. The number of rotatable bonds is 7. The average molecular weight is 349 g/mol. The number of anilines is 1. The summed E-state index contributed by atoms with van der Waals surface area (Å²) in [7, 11) is 0. The number of likely N-dealkylation sites (N-methyl/N-ethyl adjacent to an activating group) is 1. The molecule has 0 radical (unpaired) electrons. The predicted molar refractivity (Wildman–Crippen MR) is 92.8 cm³/mol. The number of halogens is 1. The van der Waals surface area contributed by atoms with Gasteiger partial charge in [-0.15, -0.1) is 11.3 Å². The van der Waals surface area contributed by atoms with Gasteiger partial charge in [-0.05, 0) is 43.7 Å². The first kappa shape index (κ1) is 16.9. The van der Waals surface area contributed by atoms with Gasteiger partial charge in [0.1, 0.15) is 5.82 Å². The first-order chi connectivity index (χ1) is 11.5. The molecule has 128 valence electrons. The molecule has 0 bridgehead atoms. The van der Waals surface area contributed by atoms with Crippen molar-refractivity contribution >= 4 is 22.4 Å². The summed E-state index contributed by atoms with van der Waals surface area (Å²) in [6.07, 6.45) is 1.85. The van der Waals surface area contributed by atoms with Crippen LogP contribution in [0.3, 0.4) is 0 Å². The number of thiazole rings is 1. The van der Waals surface area contributed by atoms with Crippen LogP contribution >= 0.6 is 11.3 Å². The number of hydrogen-bond donors (Lipinski definition) is 2. The summed E-state index contributed by atoms with van der Waals surface area (Å²) in [5.41, 5.74) is 1.73. The van der Waals surface area contributed by atoms with E-state index in [-0.39, 0.29) is 12.4 Å². The second-order valence-electron chi connectivity index (χ2n) is 5.97. The Hall–Kier alpha value is -1.99. The molecule has 0 saturated heterocycles. The van der Waals surface area contributed by atoms with Crippen LogP contribution in [0.25, 0.3) is 11.3 Å². The lowest BCUT2D eigenvalue weighted by molar-refractivity contribution is -0.139. The van der Waals surface area contributed by atoms with Gasteiger partial charge >= 0.3 is 5.97 Å². The lowest BCUT2D eigenvalue weighted by atomic mass is 9.85. The molecule has 0 aliphatic heterocycles. The van der Waals surface area contributed by atoms with Crippen molar-refractivity contribution < 1.29 is 14.3 Å². The molecule has 0 atom stereocenters. The summed E-state index contributed by atoms with van der Waals surface area (Å²) in [6, 6.07) is 6.95. The maximum Gasteiger partial charge on any atom is 0.317 e. The minimum absolute atomic E-state index is 0.0971. The topological polar surface area (TPSA) is 65.5 Å². The molecule has 5 nitrogen and oxygen atoms in total. The second-order valence-corrected chi connectivity index (χ2v) is 6.83. The van der Waals surface area contributed by atoms with Gasteiger partial charge < -0.3 is 10.4 Å². The molecule has 3 rings (SSSR count). The van der Waals surface area contributed by atoms with Crippen LogP contribution in [-0.2, 0) is 4.79 Å². The van der Waals surface area contributed by atoms with E-state index in [2.05, 4.69) is 10.3 Å². The van der Waals surface area contributed by atoms with Gasteiger partial charge in [0, 0.05) is 23.0 Å². The van der Waals surface area contributed by atoms with Gasteiger partial charge in [0.2, 0.25) is 0 Å². The molecule has 1 saturated carbocycles. The number of carboxylic acid groups (broad SMARTS) is 1. The Morgan fingerprint density at radius 3 is 2.75 bits per heavy atom. The Kier molecular flexibility index (Phi) is 5.11. The van der Waals surface area contributed by atoms with E-state index in [1.165, 1.54) is 23.5 Å². The zero-order valence-corrected chi connectivity index (χ0v) is 14.2. The molecule has 0 unspecified atom stereocenters. The lowest BCUT2D eigenvalue weighted by Crippen LogP contribution is -2.51. The van der Waals surface area contributed by atoms with Gasteiger partial charge in [0.25, 0.3) is 0 Å². The van der Waals surface area contributed by atoms with Gasteiger partial charge in [-0.25, -0.2) is 9.37 Å². The number of carbonyl (C=O) groups is 1. The Balaban J connectivity index is 1.53. The molecule has 2 N–H and O–H groups in total. The van der Waals surface area contributed by atoms with Crippen LogP contribution in [-0.4, -0.2) is 46.1 Å². The van der Waals surface area contributed by atoms with Crippen molar-refractivity contribution in [2.45, 2.75) is 31.8 Å². The highest BCUT2D eigenvalue weighted by Crippen LogP contribution is 2.31. The highest BCUT2D eigenvalue weighted by molar-refractivity contribution is 7.14. The SMILES string of the molecule is CCN(CC(=O)O)C1CC(Nc2nc(-c3ccc(F)cc3)cs2)C1. The molecule has 1 aliphatic carbocycles. The highest BCUT2D eigenvalue weighted by atomic mass is 32.1. The number of hydrogen-bond acceptors (Lipinski definition) is 5. The maximum atomic E-state index is 13.0. The second kappa shape index (κ2) is 7.27. The van der Waals surface area contributed by atoms with E-state index in [9.17, 15) is 9.18 Å². The molecule has 1 aromatic carbocycles. The summed E-state index contributed by atoms with van der Waals surface area (Å²) in [5.74, 6) is -1.04. The fourth-order valence-corrected chi connectivity index (χ4v) is 3.74. The predicted octanol–water partition coefficient (Wildman–Crippen LogP) is 3.30. The van der Waals surface area contributed by atoms with E-state index in [0.29, 0.717) is 12.1 Å². The monoisotopic (exact) mass is 349 g/mol. The minimum atomic E-state index is -0.780. The fraction of sp³-hybridized carbons (Fsp3) is 0.412. The third-order valence-electron chi connectivity index (χ3n) is 4.35. The largest absolute Gasteiger partial charge is 0.480 e. The van der Waals surface area contributed by atoms with Crippen molar-refractivity contribution in [3.05, 3.63) is 35.5 Å². The molecule has 24 heavy (non-hydrogen) atoms. The van der Waals surface area contributed by atoms with E-state index in [1.807, 2.05) is 17.2 Å². The van der Waals surface area contributed by atoms with Gasteiger partial charge in [0.15, 0.2) is 5.13 Å². The highest BCUT2D eigenvalue weighted by Gasteiger charge is 2.34. The van der Waals surface area contributed by atoms with E-state index in [0.717, 1.165) is 35.8 Å². The van der Waals surface area contributed by atoms with Crippen LogP contribution in [0.4, 0.5) is 9.52 Å². The lowest BCUT2D eigenvalue weighted by Gasteiger charge is -2.42. The molecule has 0 spiro atoms. The minimum Gasteiger partial charge on any atom is -0.480 e. The van der Waals surface area contributed by atoms with Crippen molar-refractivity contribution in [3.8, 4) is 11.3 Å². The Morgan fingerprint density at radius 2 is 2.12 bits per heavy atom. The Labute approximate surface area is 144 Å². The van der Waals surface area contributed by atoms with Crippen molar-refractivity contribution in [3.63, 3.8) is 0 Å². The van der Waals surface area contributed by atoms with Crippen molar-refractivity contribution in [2.75, 3.05) is 18.4 Å². The molecular formula is C17H20FN3O2S. The number of nitrogens with one attached hydrogen (secondary N) is 1. The van der Waals surface area contributed by atoms with Crippen LogP contribution in [0.2, 0.25) is 0 Å². The third-order valence-corrected chi connectivity index (χ3v) is 5.12. The zero-order valence-electron chi connectivity index (χ0n) is 13.4. The van der Waals surface area contributed by atoms with Crippen molar-refractivity contribution in [1.29, 1.82) is 0 Å². The molecule has 2 aromatic rings. The van der Waals surface area contributed by atoms with E-state index < -0.39 is 5.97 Å². The molecule has 1 aromatic heterocycles. The molecule has 1 fully saturated rings. The number of carboxylic acids is 1.